The molecule has 1 aromatic carbocycles. The fraction of sp³-hybridized carbons (Fsp3) is 0.0588. The minimum absolute atomic E-state index is 0.0955. The summed E-state index contributed by atoms with van der Waals surface area (Å²) >= 11 is 1.41. The normalized spacial score (nSPS) is 10.3. The van der Waals surface area contributed by atoms with E-state index in [2.05, 4.69) is 15.0 Å². The second-order valence-corrected chi connectivity index (χ2v) is 5.87. The van der Waals surface area contributed by atoms with E-state index in [0.29, 0.717) is 22.2 Å². The lowest BCUT2D eigenvalue weighted by Crippen LogP contribution is -2.02. The minimum Gasteiger partial charge on any atom is -0.508 e. The molecule has 0 aliphatic heterocycles. The van der Waals surface area contributed by atoms with Crippen molar-refractivity contribution in [3.8, 4) is 23.1 Å². The van der Waals surface area contributed by atoms with E-state index >= 15 is 0 Å². The van der Waals surface area contributed by atoms with Gasteiger partial charge in [0.1, 0.15) is 23.2 Å². The number of aromatic hydroxyl groups is 1. The third-order valence-electron chi connectivity index (χ3n) is 3.24. The first-order valence-electron chi connectivity index (χ1n) is 7.06. The fourth-order valence-corrected chi connectivity index (χ4v) is 2.91. The summed E-state index contributed by atoms with van der Waals surface area (Å²) < 4.78 is 0. The van der Waals surface area contributed by atoms with Gasteiger partial charge in [-0.2, -0.15) is 5.26 Å². The summed E-state index contributed by atoms with van der Waals surface area (Å²) in [5.41, 5.74) is 8.18. The highest BCUT2D eigenvalue weighted by Crippen LogP contribution is 2.30. The number of nitrogens with zero attached hydrogens (tertiary/aromatic N) is 4. The Balaban J connectivity index is 1.96. The van der Waals surface area contributed by atoms with Crippen LogP contribution in [0.25, 0.3) is 11.3 Å². The number of nitrogen functional groups attached to an aromatic ring is 1. The van der Waals surface area contributed by atoms with E-state index in [1.54, 1.807) is 30.6 Å². The fourth-order valence-electron chi connectivity index (χ4n) is 2.13. The smallest absolute Gasteiger partial charge is 0.190 e. The van der Waals surface area contributed by atoms with Gasteiger partial charge in [-0.1, -0.05) is 30.0 Å². The molecule has 7 heteroatoms. The number of anilines is 1. The van der Waals surface area contributed by atoms with Crippen LogP contribution in [0.15, 0.2) is 53.9 Å². The molecule has 0 saturated carbocycles. The van der Waals surface area contributed by atoms with Crippen molar-refractivity contribution < 1.29 is 5.11 Å². The molecular formula is C17H13N5OS. The monoisotopic (exact) mass is 335 g/mol. The van der Waals surface area contributed by atoms with Crippen LogP contribution in [-0.4, -0.2) is 20.1 Å². The number of rotatable bonds is 4. The van der Waals surface area contributed by atoms with Gasteiger partial charge in [0.15, 0.2) is 5.16 Å². The molecule has 118 valence electrons. The third kappa shape index (κ3) is 3.45. The largest absolute Gasteiger partial charge is 0.508 e. The molecule has 0 aliphatic rings. The Morgan fingerprint density at radius 1 is 1.21 bits per heavy atom. The van der Waals surface area contributed by atoms with Crippen LogP contribution < -0.4 is 5.73 Å². The van der Waals surface area contributed by atoms with Crippen molar-refractivity contribution >= 4 is 17.6 Å². The molecule has 6 nitrogen and oxygen atoms in total. The molecule has 0 aliphatic carbocycles. The zero-order valence-electron chi connectivity index (χ0n) is 12.5. The molecule has 0 atom stereocenters. The Labute approximate surface area is 143 Å². The number of aromatic nitrogens is 3. The molecule has 3 rings (SSSR count). The van der Waals surface area contributed by atoms with E-state index < -0.39 is 0 Å². The molecule has 0 saturated heterocycles. The molecule has 2 heterocycles. The molecule has 2 aromatic heterocycles. The summed E-state index contributed by atoms with van der Waals surface area (Å²) in [7, 11) is 0. The van der Waals surface area contributed by atoms with Crippen molar-refractivity contribution in [1.82, 2.24) is 15.0 Å². The lowest BCUT2D eigenvalue weighted by molar-refractivity contribution is 0.475. The summed E-state index contributed by atoms with van der Waals surface area (Å²) in [5, 5.41) is 19.5. The number of thioether (sulfide) groups is 1. The number of phenolic OH excluding ortho intramolecular Hbond substituents is 1. The third-order valence-corrected chi connectivity index (χ3v) is 4.16. The number of phenols is 1. The molecule has 0 spiro atoms. The first kappa shape index (κ1) is 15.8. The van der Waals surface area contributed by atoms with Crippen molar-refractivity contribution in [2.75, 3.05) is 5.73 Å². The van der Waals surface area contributed by atoms with Crippen molar-refractivity contribution in [1.29, 1.82) is 5.26 Å². The topological polar surface area (TPSA) is 109 Å². The van der Waals surface area contributed by atoms with Crippen LogP contribution in [0, 0.1) is 11.3 Å². The zero-order valence-corrected chi connectivity index (χ0v) is 13.4. The van der Waals surface area contributed by atoms with Gasteiger partial charge in [-0.15, -0.1) is 0 Å². The maximum atomic E-state index is 9.66. The predicted octanol–water partition coefficient (Wildman–Crippen LogP) is 2.99. The number of hydrogen-bond donors (Lipinski definition) is 2. The van der Waals surface area contributed by atoms with E-state index in [4.69, 9.17) is 5.73 Å². The van der Waals surface area contributed by atoms with Gasteiger partial charge in [-0.3, -0.25) is 4.98 Å². The van der Waals surface area contributed by atoms with E-state index in [9.17, 15) is 10.4 Å². The quantitative estimate of drug-likeness (QED) is 0.557. The van der Waals surface area contributed by atoms with Crippen LogP contribution in [0.1, 0.15) is 11.1 Å². The van der Waals surface area contributed by atoms with Crippen molar-refractivity contribution in [3.63, 3.8) is 0 Å². The van der Waals surface area contributed by atoms with Crippen LogP contribution in [0.5, 0.6) is 5.75 Å². The second-order valence-electron chi connectivity index (χ2n) is 4.93. The van der Waals surface area contributed by atoms with Crippen molar-refractivity contribution in [2.24, 2.45) is 0 Å². The Morgan fingerprint density at radius 2 is 2.08 bits per heavy atom. The first-order valence-corrected chi connectivity index (χ1v) is 8.04. The SMILES string of the molecule is N#Cc1c(N)nc(SCc2cccnc2)nc1-c1cccc(O)c1. The average molecular weight is 335 g/mol. The van der Waals surface area contributed by atoms with E-state index in [0.717, 1.165) is 5.56 Å². The Bertz CT molecular complexity index is 909. The summed E-state index contributed by atoms with van der Waals surface area (Å²) in [4.78, 5) is 12.7. The minimum atomic E-state index is 0.0955. The van der Waals surface area contributed by atoms with Crippen LogP contribution >= 0.6 is 11.8 Å². The number of hydrogen-bond acceptors (Lipinski definition) is 7. The maximum absolute atomic E-state index is 9.66. The highest BCUT2D eigenvalue weighted by Gasteiger charge is 2.15. The first-order chi connectivity index (χ1) is 11.7. The number of nitriles is 1. The summed E-state index contributed by atoms with van der Waals surface area (Å²) in [6.07, 6.45) is 3.49. The number of nitrogens with two attached hydrogens (primary N) is 1. The van der Waals surface area contributed by atoms with Gasteiger partial charge >= 0.3 is 0 Å². The van der Waals surface area contributed by atoms with E-state index in [1.165, 1.54) is 17.8 Å². The highest BCUT2D eigenvalue weighted by molar-refractivity contribution is 7.98. The van der Waals surface area contributed by atoms with Crippen molar-refractivity contribution in [3.05, 3.63) is 59.9 Å². The Kier molecular flexibility index (Phi) is 4.59. The van der Waals surface area contributed by atoms with Gasteiger partial charge in [0.05, 0.1) is 5.69 Å². The van der Waals surface area contributed by atoms with Crippen molar-refractivity contribution in [2.45, 2.75) is 10.9 Å². The Hall–Kier alpha value is -3.11. The van der Waals surface area contributed by atoms with Crippen LogP contribution in [0.4, 0.5) is 5.82 Å². The summed E-state index contributed by atoms with van der Waals surface area (Å²) in [6.45, 7) is 0. The van der Waals surface area contributed by atoms with Crippen LogP contribution in [0.2, 0.25) is 0 Å². The van der Waals surface area contributed by atoms with Gasteiger partial charge in [0, 0.05) is 23.7 Å². The summed E-state index contributed by atoms with van der Waals surface area (Å²) in [6, 6.07) is 12.4. The van der Waals surface area contributed by atoms with Gasteiger partial charge in [-0.05, 0) is 23.8 Å². The average Bonchev–Trinajstić information content (AvgIpc) is 2.60. The Morgan fingerprint density at radius 3 is 2.79 bits per heavy atom. The lowest BCUT2D eigenvalue weighted by atomic mass is 10.1. The molecule has 0 radical (unpaired) electrons. The van der Waals surface area contributed by atoms with Crippen LogP contribution in [0.3, 0.4) is 0 Å². The lowest BCUT2D eigenvalue weighted by Gasteiger charge is -2.09. The number of pyridine rings is 1. The van der Waals surface area contributed by atoms with E-state index in [-0.39, 0.29) is 17.1 Å². The van der Waals surface area contributed by atoms with Gasteiger partial charge in [0.25, 0.3) is 0 Å². The molecule has 0 fully saturated rings. The van der Waals surface area contributed by atoms with E-state index in [1.807, 2.05) is 18.2 Å². The predicted molar refractivity (Wildman–Crippen MR) is 92.1 cm³/mol. The molecular weight excluding hydrogens is 322 g/mol. The molecule has 0 amide bonds. The molecule has 24 heavy (non-hydrogen) atoms. The van der Waals surface area contributed by atoms with Gasteiger partial charge < -0.3 is 10.8 Å². The summed E-state index contributed by atoms with van der Waals surface area (Å²) in [5.74, 6) is 0.858. The van der Waals surface area contributed by atoms with Gasteiger partial charge in [0.2, 0.25) is 0 Å². The molecule has 0 bridgehead atoms. The maximum Gasteiger partial charge on any atom is 0.190 e. The molecule has 3 N–H and O–H groups in total. The standard InChI is InChI=1S/C17H13N5OS/c18-8-14-15(12-4-1-5-13(23)7-12)21-17(22-16(14)19)24-10-11-3-2-6-20-9-11/h1-7,9,23H,10H2,(H2,19,21,22). The molecule has 0 unspecified atom stereocenters. The second kappa shape index (κ2) is 6.98. The highest BCUT2D eigenvalue weighted by atomic mass is 32.2. The van der Waals surface area contributed by atoms with Gasteiger partial charge in [-0.25, -0.2) is 9.97 Å². The molecule has 3 aromatic rings. The van der Waals surface area contributed by atoms with Crippen LogP contribution in [-0.2, 0) is 5.75 Å². The number of benzene rings is 1. The zero-order chi connectivity index (χ0) is 16.9.